The zero-order valence-electron chi connectivity index (χ0n) is 10.9. The number of nitrogens with one attached hydrogen (secondary N) is 1. The molecule has 0 fully saturated rings. The minimum absolute atomic E-state index is 0.116. The van der Waals surface area contributed by atoms with Gasteiger partial charge in [-0.1, -0.05) is 13.8 Å². The molecule has 0 bridgehead atoms. The smallest absolute Gasteiger partial charge is 0.241 e. The average Bonchev–Trinajstić information content (AvgIpc) is 2.39. The number of halogens is 2. The summed E-state index contributed by atoms with van der Waals surface area (Å²) in [6.45, 7) is 3.91. The van der Waals surface area contributed by atoms with Gasteiger partial charge in [0.1, 0.15) is 5.82 Å². The lowest BCUT2D eigenvalue weighted by molar-refractivity contribution is 0.391. The minimum Gasteiger partial charge on any atom is -0.324 e. The van der Waals surface area contributed by atoms with Crippen LogP contribution in [0.1, 0.15) is 26.7 Å². The molecule has 0 aliphatic rings. The van der Waals surface area contributed by atoms with Crippen molar-refractivity contribution < 1.29 is 12.8 Å². The lowest BCUT2D eigenvalue weighted by Crippen LogP contribution is -2.49. The van der Waals surface area contributed by atoms with Gasteiger partial charge in [0.25, 0.3) is 0 Å². The number of rotatable bonds is 6. The summed E-state index contributed by atoms with van der Waals surface area (Å²) in [6, 6.07) is 3.52. The lowest BCUT2D eigenvalue weighted by Gasteiger charge is -2.26. The second-order valence-corrected chi connectivity index (χ2v) is 7.06. The summed E-state index contributed by atoms with van der Waals surface area (Å²) >= 11 is 3.10. The Kier molecular flexibility index (Phi) is 5.49. The summed E-state index contributed by atoms with van der Waals surface area (Å²) < 4.78 is 40.1. The van der Waals surface area contributed by atoms with E-state index in [-0.39, 0.29) is 11.4 Å². The van der Waals surface area contributed by atoms with Crippen LogP contribution in [0.4, 0.5) is 4.39 Å². The van der Waals surface area contributed by atoms with Crippen molar-refractivity contribution >= 4 is 26.0 Å². The van der Waals surface area contributed by atoms with Crippen LogP contribution in [0.5, 0.6) is 0 Å². The molecular weight excluding hydrogens is 335 g/mol. The van der Waals surface area contributed by atoms with Gasteiger partial charge in [0.2, 0.25) is 10.0 Å². The molecule has 1 aromatic carbocycles. The summed E-state index contributed by atoms with van der Waals surface area (Å²) in [5, 5.41) is 0. The Hall–Kier alpha value is -0.500. The highest BCUT2D eigenvalue weighted by Gasteiger charge is 2.25. The molecule has 0 saturated heterocycles. The first-order valence-corrected chi connectivity index (χ1v) is 8.25. The Morgan fingerprint density at radius 2 is 1.95 bits per heavy atom. The highest BCUT2D eigenvalue weighted by molar-refractivity contribution is 9.10. The second-order valence-electron chi connectivity index (χ2n) is 4.47. The van der Waals surface area contributed by atoms with E-state index in [9.17, 15) is 12.8 Å². The van der Waals surface area contributed by atoms with Crippen molar-refractivity contribution in [2.24, 2.45) is 5.73 Å². The molecule has 3 N–H and O–H groups in total. The average molecular weight is 353 g/mol. The fourth-order valence-corrected chi connectivity index (χ4v) is 3.61. The highest BCUT2D eigenvalue weighted by atomic mass is 79.9. The molecule has 1 aromatic rings. The quantitative estimate of drug-likeness (QED) is 0.825. The topological polar surface area (TPSA) is 72.2 Å². The molecule has 1 rings (SSSR count). The molecule has 0 atom stereocenters. The largest absolute Gasteiger partial charge is 0.324 e. The van der Waals surface area contributed by atoms with Crippen LogP contribution in [-0.4, -0.2) is 20.5 Å². The third-order valence-corrected chi connectivity index (χ3v) is 5.60. The van der Waals surface area contributed by atoms with Crippen LogP contribution in [0.25, 0.3) is 0 Å². The normalized spacial score (nSPS) is 12.7. The molecule has 19 heavy (non-hydrogen) atoms. The van der Waals surface area contributed by atoms with Gasteiger partial charge in [0.05, 0.1) is 4.90 Å². The van der Waals surface area contributed by atoms with Crippen molar-refractivity contribution in [2.45, 2.75) is 37.1 Å². The van der Waals surface area contributed by atoms with E-state index in [1.807, 2.05) is 13.8 Å². The third kappa shape index (κ3) is 4.24. The van der Waals surface area contributed by atoms with E-state index in [1.165, 1.54) is 12.1 Å². The Bertz CT molecular complexity index is 545. The van der Waals surface area contributed by atoms with Crippen LogP contribution in [0.3, 0.4) is 0 Å². The Balaban J connectivity index is 2.96. The first-order valence-electron chi connectivity index (χ1n) is 5.97. The van der Waals surface area contributed by atoms with Crippen molar-refractivity contribution in [3.05, 3.63) is 28.5 Å². The van der Waals surface area contributed by atoms with E-state index in [2.05, 4.69) is 20.7 Å². The van der Waals surface area contributed by atoms with Gasteiger partial charge in [-0.15, -0.1) is 0 Å². The van der Waals surface area contributed by atoms with Crippen LogP contribution >= 0.6 is 15.9 Å². The SMILES string of the molecule is CCC(N)(CC)CNS(=O)(=O)c1cc(F)ccc1Br. The maximum Gasteiger partial charge on any atom is 0.241 e. The van der Waals surface area contributed by atoms with E-state index >= 15 is 0 Å². The maximum absolute atomic E-state index is 13.1. The number of sulfonamides is 1. The Morgan fingerprint density at radius 3 is 2.47 bits per heavy atom. The Labute approximate surface area is 121 Å². The molecule has 0 unspecified atom stereocenters. The van der Waals surface area contributed by atoms with Gasteiger partial charge in [0, 0.05) is 16.6 Å². The number of benzene rings is 1. The Morgan fingerprint density at radius 1 is 1.37 bits per heavy atom. The predicted molar refractivity (Wildman–Crippen MR) is 76.8 cm³/mol. The number of hydrogen-bond donors (Lipinski definition) is 2. The summed E-state index contributed by atoms with van der Waals surface area (Å²) in [6.07, 6.45) is 1.30. The van der Waals surface area contributed by atoms with Crippen LogP contribution in [0.15, 0.2) is 27.6 Å². The molecule has 7 heteroatoms. The van der Waals surface area contributed by atoms with Crippen LogP contribution in [0.2, 0.25) is 0 Å². The van der Waals surface area contributed by atoms with E-state index in [1.54, 1.807) is 0 Å². The van der Waals surface area contributed by atoms with E-state index in [0.717, 1.165) is 6.07 Å². The van der Waals surface area contributed by atoms with Gasteiger partial charge in [-0.3, -0.25) is 0 Å². The minimum atomic E-state index is -3.78. The van der Waals surface area contributed by atoms with Crippen molar-refractivity contribution in [1.29, 1.82) is 0 Å². The van der Waals surface area contributed by atoms with Gasteiger partial charge < -0.3 is 5.73 Å². The van der Waals surface area contributed by atoms with Crippen molar-refractivity contribution in [2.75, 3.05) is 6.54 Å². The fraction of sp³-hybridized carbons (Fsp3) is 0.500. The molecule has 108 valence electrons. The summed E-state index contributed by atoms with van der Waals surface area (Å²) in [5.74, 6) is -0.603. The maximum atomic E-state index is 13.1. The van der Waals surface area contributed by atoms with Crippen LogP contribution < -0.4 is 10.5 Å². The molecule has 0 spiro atoms. The molecule has 4 nitrogen and oxygen atoms in total. The van der Waals surface area contributed by atoms with E-state index in [0.29, 0.717) is 17.3 Å². The standard InChI is InChI=1S/C12H18BrFN2O2S/c1-3-12(15,4-2)8-16-19(17,18)11-7-9(14)5-6-10(11)13/h5-7,16H,3-4,8,15H2,1-2H3. The fourth-order valence-electron chi connectivity index (χ4n) is 1.50. The first-order chi connectivity index (χ1) is 8.74. The lowest BCUT2D eigenvalue weighted by atomic mass is 9.95. The molecular formula is C12H18BrFN2O2S. The molecule has 0 aliphatic heterocycles. The summed E-state index contributed by atoms with van der Waals surface area (Å²) in [5.41, 5.74) is 5.45. The zero-order chi connectivity index (χ0) is 14.7. The molecule has 0 radical (unpaired) electrons. The van der Waals surface area contributed by atoms with Crippen molar-refractivity contribution in [3.63, 3.8) is 0 Å². The molecule has 0 amide bonds. The van der Waals surface area contributed by atoms with E-state index in [4.69, 9.17) is 5.73 Å². The van der Waals surface area contributed by atoms with Crippen molar-refractivity contribution in [3.8, 4) is 0 Å². The monoisotopic (exact) mass is 352 g/mol. The summed E-state index contributed by atoms with van der Waals surface area (Å²) in [7, 11) is -3.78. The van der Waals surface area contributed by atoms with Gasteiger partial charge in [0.15, 0.2) is 0 Å². The number of nitrogens with two attached hydrogens (primary N) is 1. The van der Waals surface area contributed by atoms with Gasteiger partial charge in [-0.2, -0.15) is 0 Å². The van der Waals surface area contributed by atoms with Gasteiger partial charge in [-0.25, -0.2) is 17.5 Å². The molecule has 0 heterocycles. The van der Waals surface area contributed by atoms with Crippen LogP contribution in [0, 0.1) is 5.82 Å². The van der Waals surface area contributed by atoms with E-state index < -0.39 is 21.4 Å². The number of hydrogen-bond acceptors (Lipinski definition) is 3. The predicted octanol–water partition coefficient (Wildman–Crippen LogP) is 2.38. The zero-order valence-corrected chi connectivity index (χ0v) is 13.3. The molecule has 0 aromatic heterocycles. The van der Waals surface area contributed by atoms with Crippen LogP contribution in [-0.2, 0) is 10.0 Å². The van der Waals surface area contributed by atoms with Gasteiger partial charge >= 0.3 is 0 Å². The molecule has 0 aliphatic carbocycles. The second kappa shape index (κ2) is 6.30. The van der Waals surface area contributed by atoms with Gasteiger partial charge in [-0.05, 0) is 47.0 Å². The summed E-state index contributed by atoms with van der Waals surface area (Å²) in [4.78, 5) is -0.123. The molecule has 0 saturated carbocycles. The highest BCUT2D eigenvalue weighted by Crippen LogP contribution is 2.23. The first kappa shape index (κ1) is 16.6. The van der Waals surface area contributed by atoms with Crippen molar-refractivity contribution in [1.82, 2.24) is 4.72 Å². The third-order valence-electron chi connectivity index (χ3n) is 3.21.